The minimum atomic E-state index is -0.447. The average molecular weight is 250 g/mol. The molecule has 0 bridgehead atoms. The molecule has 1 amide bonds. The summed E-state index contributed by atoms with van der Waals surface area (Å²) >= 11 is 0. The fourth-order valence-electron chi connectivity index (χ4n) is 1.53. The standard InChI is InChI=1S/C14H22N2O2/c1-10(2)13(15)14(17)16-8-11-4-6-12(7-5-11)9-18-3/h4-7,10,13H,8-9,15H2,1-3H3,(H,16,17)/t13-/m0/s1. The van der Waals surface area contributed by atoms with E-state index in [9.17, 15) is 4.79 Å². The molecule has 1 atom stereocenters. The van der Waals surface area contributed by atoms with E-state index in [1.807, 2.05) is 38.1 Å². The molecule has 0 aromatic heterocycles. The highest BCUT2D eigenvalue weighted by molar-refractivity contribution is 5.81. The molecule has 0 saturated heterocycles. The lowest BCUT2D eigenvalue weighted by Crippen LogP contribution is -2.43. The molecule has 0 aliphatic rings. The van der Waals surface area contributed by atoms with Crippen molar-refractivity contribution in [3.05, 3.63) is 35.4 Å². The quantitative estimate of drug-likeness (QED) is 0.803. The SMILES string of the molecule is COCc1ccc(CNC(=O)[C@@H](N)C(C)C)cc1. The second-order valence-corrected chi connectivity index (χ2v) is 4.74. The normalized spacial score (nSPS) is 12.5. The summed E-state index contributed by atoms with van der Waals surface area (Å²) in [6.07, 6.45) is 0. The Bertz CT molecular complexity index is 374. The second kappa shape index (κ2) is 7.13. The van der Waals surface area contributed by atoms with Gasteiger partial charge in [0.2, 0.25) is 5.91 Å². The molecule has 0 unspecified atom stereocenters. The van der Waals surface area contributed by atoms with Crippen LogP contribution in [0.3, 0.4) is 0 Å². The molecule has 1 rings (SSSR count). The number of carbonyl (C=O) groups is 1. The molecule has 100 valence electrons. The summed E-state index contributed by atoms with van der Waals surface area (Å²) in [4.78, 5) is 11.7. The van der Waals surface area contributed by atoms with Gasteiger partial charge in [-0.1, -0.05) is 38.1 Å². The van der Waals surface area contributed by atoms with Gasteiger partial charge in [-0.05, 0) is 17.0 Å². The Balaban J connectivity index is 2.46. The van der Waals surface area contributed by atoms with Gasteiger partial charge in [0, 0.05) is 13.7 Å². The van der Waals surface area contributed by atoms with E-state index < -0.39 is 6.04 Å². The fourth-order valence-corrected chi connectivity index (χ4v) is 1.53. The molecule has 1 aromatic rings. The van der Waals surface area contributed by atoms with E-state index >= 15 is 0 Å². The van der Waals surface area contributed by atoms with E-state index in [2.05, 4.69) is 5.32 Å². The Morgan fingerprint density at radius 1 is 1.28 bits per heavy atom. The van der Waals surface area contributed by atoms with Crippen LogP contribution in [-0.2, 0) is 22.7 Å². The number of hydrogen-bond donors (Lipinski definition) is 2. The van der Waals surface area contributed by atoms with Crippen LogP contribution in [0, 0.1) is 5.92 Å². The Morgan fingerprint density at radius 3 is 2.33 bits per heavy atom. The zero-order valence-corrected chi connectivity index (χ0v) is 11.3. The third kappa shape index (κ3) is 4.47. The van der Waals surface area contributed by atoms with Crippen LogP contribution in [0.5, 0.6) is 0 Å². The molecule has 0 heterocycles. The van der Waals surface area contributed by atoms with Gasteiger partial charge in [-0.3, -0.25) is 4.79 Å². The minimum Gasteiger partial charge on any atom is -0.380 e. The first kappa shape index (κ1) is 14.7. The molecule has 1 aromatic carbocycles. The topological polar surface area (TPSA) is 64.3 Å². The van der Waals surface area contributed by atoms with Crippen LogP contribution in [0.1, 0.15) is 25.0 Å². The van der Waals surface area contributed by atoms with Crippen molar-refractivity contribution in [2.45, 2.75) is 33.0 Å². The Hall–Kier alpha value is -1.39. The van der Waals surface area contributed by atoms with Gasteiger partial charge in [0.15, 0.2) is 0 Å². The van der Waals surface area contributed by atoms with Crippen molar-refractivity contribution in [3.8, 4) is 0 Å². The number of nitrogens with one attached hydrogen (secondary N) is 1. The zero-order valence-electron chi connectivity index (χ0n) is 11.3. The van der Waals surface area contributed by atoms with Crippen LogP contribution in [0.25, 0.3) is 0 Å². The summed E-state index contributed by atoms with van der Waals surface area (Å²) in [6.45, 7) is 4.98. The summed E-state index contributed by atoms with van der Waals surface area (Å²) < 4.78 is 5.04. The molecular formula is C14H22N2O2. The minimum absolute atomic E-state index is 0.106. The predicted molar refractivity (Wildman–Crippen MR) is 71.8 cm³/mol. The number of nitrogens with two attached hydrogens (primary N) is 1. The van der Waals surface area contributed by atoms with Gasteiger partial charge in [0.25, 0.3) is 0 Å². The van der Waals surface area contributed by atoms with E-state index in [4.69, 9.17) is 10.5 Å². The van der Waals surface area contributed by atoms with Crippen molar-refractivity contribution in [1.82, 2.24) is 5.32 Å². The van der Waals surface area contributed by atoms with Crippen molar-refractivity contribution < 1.29 is 9.53 Å². The van der Waals surface area contributed by atoms with Crippen LogP contribution < -0.4 is 11.1 Å². The molecular weight excluding hydrogens is 228 g/mol. The molecule has 4 nitrogen and oxygen atoms in total. The largest absolute Gasteiger partial charge is 0.380 e. The van der Waals surface area contributed by atoms with Gasteiger partial charge in [0.1, 0.15) is 0 Å². The third-order valence-corrected chi connectivity index (χ3v) is 2.82. The first-order chi connectivity index (χ1) is 8.54. The van der Waals surface area contributed by atoms with E-state index in [0.717, 1.165) is 11.1 Å². The summed E-state index contributed by atoms with van der Waals surface area (Å²) in [5, 5.41) is 2.84. The van der Waals surface area contributed by atoms with Gasteiger partial charge >= 0.3 is 0 Å². The van der Waals surface area contributed by atoms with Crippen molar-refractivity contribution in [1.29, 1.82) is 0 Å². The highest BCUT2D eigenvalue weighted by Crippen LogP contribution is 2.06. The maximum absolute atomic E-state index is 11.7. The van der Waals surface area contributed by atoms with Gasteiger partial charge in [-0.15, -0.1) is 0 Å². The maximum Gasteiger partial charge on any atom is 0.237 e. The summed E-state index contributed by atoms with van der Waals surface area (Å²) in [6, 6.07) is 7.50. The van der Waals surface area contributed by atoms with Gasteiger partial charge in [0.05, 0.1) is 12.6 Å². The van der Waals surface area contributed by atoms with Crippen LogP contribution in [-0.4, -0.2) is 19.1 Å². The molecule has 0 saturated carbocycles. The number of hydrogen-bond acceptors (Lipinski definition) is 3. The monoisotopic (exact) mass is 250 g/mol. The van der Waals surface area contributed by atoms with Crippen LogP contribution in [0.15, 0.2) is 24.3 Å². The fraction of sp³-hybridized carbons (Fsp3) is 0.500. The number of rotatable bonds is 6. The smallest absolute Gasteiger partial charge is 0.237 e. The highest BCUT2D eigenvalue weighted by Gasteiger charge is 2.16. The van der Waals surface area contributed by atoms with Crippen molar-refractivity contribution in [3.63, 3.8) is 0 Å². The molecule has 18 heavy (non-hydrogen) atoms. The van der Waals surface area contributed by atoms with Crippen LogP contribution in [0.2, 0.25) is 0 Å². The van der Waals surface area contributed by atoms with E-state index in [0.29, 0.717) is 13.2 Å². The number of benzene rings is 1. The average Bonchev–Trinajstić information content (AvgIpc) is 2.37. The van der Waals surface area contributed by atoms with Crippen molar-refractivity contribution in [2.24, 2.45) is 11.7 Å². The molecule has 4 heteroatoms. The van der Waals surface area contributed by atoms with E-state index in [1.54, 1.807) is 7.11 Å². The van der Waals surface area contributed by atoms with Crippen LogP contribution in [0.4, 0.5) is 0 Å². The lowest BCUT2D eigenvalue weighted by atomic mass is 10.0. The molecule has 0 aliphatic carbocycles. The first-order valence-corrected chi connectivity index (χ1v) is 6.14. The maximum atomic E-state index is 11.7. The van der Waals surface area contributed by atoms with Crippen molar-refractivity contribution >= 4 is 5.91 Å². The number of ether oxygens (including phenoxy) is 1. The first-order valence-electron chi connectivity index (χ1n) is 6.14. The van der Waals surface area contributed by atoms with Gasteiger partial charge in [-0.25, -0.2) is 0 Å². The lowest BCUT2D eigenvalue weighted by molar-refractivity contribution is -0.123. The molecule has 0 aliphatic heterocycles. The third-order valence-electron chi connectivity index (χ3n) is 2.82. The van der Waals surface area contributed by atoms with Gasteiger partial charge in [-0.2, -0.15) is 0 Å². The number of methoxy groups -OCH3 is 1. The van der Waals surface area contributed by atoms with Gasteiger partial charge < -0.3 is 15.8 Å². The van der Waals surface area contributed by atoms with Crippen molar-refractivity contribution in [2.75, 3.05) is 7.11 Å². The summed E-state index contributed by atoms with van der Waals surface area (Å²) in [7, 11) is 1.67. The predicted octanol–water partition coefficient (Wildman–Crippen LogP) is 1.43. The zero-order chi connectivity index (χ0) is 13.5. The Labute approximate surface area is 109 Å². The van der Waals surface area contributed by atoms with E-state index in [1.165, 1.54) is 0 Å². The number of amides is 1. The van der Waals surface area contributed by atoms with E-state index in [-0.39, 0.29) is 11.8 Å². The summed E-state index contributed by atoms with van der Waals surface area (Å²) in [5.41, 5.74) is 7.93. The summed E-state index contributed by atoms with van der Waals surface area (Å²) in [5.74, 6) is 0.0417. The van der Waals surface area contributed by atoms with Crippen LogP contribution >= 0.6 is 0 Å². The molecule has 3 N–H and O–H groups in total. The molecule has 0 radical (unpaired) electrons. The molecule has 0 fully saturated rings. The Morgan fingerprint density at radius 2 is 1.83 bits per heavy atom. The lowest BCUT2D eigenvalue weighted by Gasteiger charge is -2.15. The molecule has 0 spiro atoms. The number of carbonyl (C=O) groups excluding carboxylic acids is 1. The second-order valence-electron chi connectivity index (χ2n) is 4.74. The highest BCUT2D eigenvalue weighted by atomic mass is 16.5. The Kier molecular flexibility index (Phi) is 5.82.